The first-order valence-electron chi connectivity index (χ1n) is 8.31. The highest BCUT2D eigenvalue weighted by Crippen LogP contribution is 2.14. The summed E-state index contributed by atoms with van der Waals surface area (Å²) < 4.78 is 28.0. The van der Waals surface area contributed by atoms with E-state index in [-0.39, 0.29) is 36.2 Å². The van der Waals surface area contributed by atoms with E-state index in [2.05, 4.69) is 0 Å². The zero-order valence-electron chi connectivity index (χ0n) is 14.5. The van der Waals surface area contributed by atoms with E-state index in [0.717, 1.165) is 22.6 Å². The molecule has 0 bridgehead atoms. The predicted octanol–water partition coefficient (Wildman–Crippen LogP) is 0.892. The lowest BCUT2D eigenvalue weighted by atomic mass is 10.2. The van der Waals surface area contributed by atoms with Gasteiger partial charge in [0.15, 0.2) is 0 Å². The minimum Gasteiger partial charge on any atom is -0.338 e. The second kappa shape index (κ2) is 7.73. The number of sulfonamides is 1. The highest BCUT2D eigenvalue weighted by molar-refractivity contribution is 7.88. The highest BCUT2D eigenvalue weighted by atomic mass is 32.2. The first-order valence-corrected chi connectivity index (χ1v) is 10.8. The Labute approximate surface area is 156 Å². The van der Waals surface area contributed by atoms with Crippen molar-refractivity contribution in [2.24, 2.45) is 0 Å². The Balaban J connectivity index is 1.58. The lowest BCUT2D eigenvalue weighted by Gasteiger charge is -2.34. The van der Waals surface area contributed by atoms with Crippen LogP contribution in [0, 0.1) is 6.92 Å². The van der Waals surface area contributed by atoms with Gasteiger partial charge in [-0.15, -0.1) is 0 Å². The highest BCUT2D eigenvalue weighted by Gasteiger charge is 2.29. The van der Waals surface area contributed by atoms with Gasteiger partial charge in [-0.25, -0.2) is 8.42 Å². The lowest BCUT2D eigenvalue weighted by molar-refractivity contribution is -0.133. The molecule has 2 heterocycles. The monoisotopic (exact) mass is 395 g/mol. The van der Waals surface area contributed by atoms with Crippen molar-refractivity contribution in [3.05, 3.63) is 56.6 Å². The fourth-order valence-corrected chi connectivity index (χ4v) is 5.17. The molecule has 1 saturated heterocycles. The first kappa shape index (κ1) is 18.8. The number of aryl methyl sites for hydroxylation is 1. The average Bonchev–Trinajstić information content (AvgIpc) is 2.94. The zero-order chi connectivity index (χ0) is 18.7. The molecule has 7 nitrogen and oxygen atoms in total. The molecule has 0 N–H and O–H groups in total. The van der Waals surface area contributed by atoms with Gasteiger partial charge >= 0.3 is 4.87 Å². The SMILES string of the molecule is Cc1csc(=O)n1CC(=O)N1CCN(S(=O)(=O)Cc2ccccc2)CC1. The van der Waals surface area contributed by atoms with E-state index in [4.69, 9.17) is 0 Å². The van der Waals surface area contributed by atoms with E-state index >= 15 is 0 Å². The quantitative estimate of drug-likeness (QED) is 0.753. The third-order valence-corrected chi connectivity index (χ3v) is 7.18. The second-order valence-corrected chi connectivity index (χ2v) is 9.04. The molecule has 1 aliphatic heterocycles. The Kier molecular flexibility index (Phi) is 5.59. The van der Waals surface area contributed by atoms with Crippen molar-refractivity contribution in [1.82, 2.24) is 13.8 Å². The number of amides is 1. The fraction of sp³-hybridized carbons (Fsp3) is 0.412. The van der Waals surface area contributed by atoms with Crippen LogP contribution in [-0.2, 0) is 27.1 Å². The summed E-state index contributed by atoms with van der Waals surface area (Å²) in [7, 11) is -3.41. The van der Waals surface area contributed by atoms with Gasteiger partial charge in [0.1, 0.15) is 6.54 Å². The van der Waals surface area contributed by atoms with E-state index in [1.54, 1.807) is 29.3 Å². The molecule has 1 aromatic heterocycles. The summed E-state index contributed by atoms with van der Waals surface area (Å²) in [6.45, 7) is 3.02. The summed E-state index contributed by atoms with van der Waals surface area (Å²) in [5.74, 6) is -0.195. The van der Waals surface area contributed by atoms with E-state index in [0.29, 0.717) is 13.1 Å². The minimum atomic E-state index is -3.41. The Morgan fingerprint density at radius 1 is 1.12 bits per heavy atom. The van der Waals surface area contributed by atoms with Gasteiger partial charge < -0.3 is 4.90 Å². The summed E-state index contributed by atoms with van der Waals surface area (Å²) in [6, 6.07) is 9.06. The van der Waals surface area contributed by atoms with Crippen LogP contribution >= 0.6 is 11.3 Å². The third-order valence-electron chi connectivity index (χ3n) is 4.45. The van der Waals surface area contributed by atoms with Crippen molar-refractivity contribution in [2.45, 2.75) is 19.2 Å². The van der Waals surface area contributed by atoms with Crippen LogP contribution in [0.15, 0.2) is 40.5 Å². The van der Waals surface area contributed by atoms with Gasteiger partial charge in [0.05, 0.1) is 5.75 Å². The topological polar surface area (TPSA) is 79.7 Å². The number of nitrogens with zero attached hydrogens (tertiary/aromatic N) is 3. The number of rotatable bonds is 5. The van der Waals surface area contributed by atoms with Gasteiger partial charge in [0, 0.05) is 37.3 Å². The maximum Gasteiger partial charge on any atom is 0.307 e. The van der Waals surface area contributed by atoms with Crippen molar-refractivity contribution in [3.63, 3.8) is 0 Å². The molecule has 140 valence electrons. The number of aromatic nitrogens is 1. The molecule has 1 aliphatic rings. The second-order valence-electron chi connectivity index (χ2n) is 6.25. The molecule has 0 saturated carbocycles. The maximum absolute atomic E-state index is 12.6. The molecule has 26 heavy (non-hydrogen) atoms. The van der Waals surface area contributed by atoms with Gasteiger partial charge in [-0.1, -0.05) is 41.7 Å². The van der Waals surface area contributed by atoms with Crippen LogP contribution in [0.2, 0.25) is 0 Å². The van der Waals surface area contributed by atoms with Crippen molar-refractivity contribution in [3.8, 4) is 0 Å². The van der Waals surface area contributed by atoms with E-state index in [1.807, 2.05) is 18.2 Å². The van der Waals surface area contributed by atoms with Crippen LogP contribution in [0.3, 0.4) is 0 Å². The molecule has 1 amide bonds. The lowest BCUT2D eigenvalue weighted by Crippen LogP contribution is -2.51. The van der Waals surface area contributed by atoms with Crippen molar-refractivity contribution in [2.75, 3.05) is 26.2 Å². The molecule has 0 atom stereocenters. The number of carbonyl (C=O) groups is 1. The Bertz CT molecular complexity index is 926. The molecular formula is C17H21N3O4S2. The Hall–Kier alpha value is -1.97. The van der Waals surface area contributed by atoms with Gasteiger partial charge in [0.25, 0.3) is 0 Å². The summed E-state index contributed by atoms with van der Waals surface area (Å²) >= 11 is 1.07. The average molecular weight is 396 g/mol. The van der Waals surface area contributed by atoms with Crippen LogP contribution in [0.1, 0.15) is 11.3 Å². The van der Waals surface area contributed by atoms with Crippen LogP contribution in [-0.4, -0.2) is 54.3 Å². The van der Waals surface area contributed by atoms with E-state index in [9.17, 15) is 18.0 Å². The molecule has 9 heteroatoms. The molecule has 3 rings (SSSR count). The van der Waals surface area contributed by atoms with Crippen molar-refractivity contribution in [1.29, 1.82) is 0 Å². The molecule has 0 radical (unpaired) electrons. The largest absolute Gasteiger partial charge is 0.338 e. The smallest absolute Gasteiger partial charge is 0.307 e. The predicted molar refractivity (Wildman–Crippen MR) is 101 cm³/mol. The number of piperazine rings is 1. The fourth-order valence-electron chi connectivity index (χ4n) is 2.92. The summed E-state index contributed by atoms with van der Waals surface area (Å²) in [5, 5.41) is 1.73. The van der Waals surface area contributed by atoms with Crippen molar-refractivity contribution < 1.29 is 13.2 Å². The third kappa shape index (κ3) is 4.22. The number of thiazole rings is 1. The molecule has 0 unspecified atom stereocenters. The Morgan fingerprint density at radius 2 is 1.77 bits per heavy atom. The number of benzene rings is 1. The van der Waals surface area contributed by atoms with Gasteiger partial charge in [-0.3, -0.25) is 14.2 Å². The summed E-state index contributed by atoms with van der Waals surface area (Å²) in [5.41, 5.74) is 1.51. The molecule has 0 spiro atoms. The molecule has 1 aromatic carbocycles. The van der Waals surface area contributed by atoms with Gasteiger partial charge in [-0.2, -0.15) is 4.31 Å². The van der Waals surface area contributed by atoms with Crippen LogP contribution < -0.4 is 4.87 Å². The first-order chi connectivity index (χ1) is 12.4. The molecular weight excluding hydrogens is 374 g/mol. The zero-order valence-corrected chi connectivity index (χ0v) is 16.1. The van der Waals surface area contributed by atoms with Crippen molar-refractivity contribution >= 4 is 27.3 Å². The maximum atomic E-state index is 12.6. The summed E-state index contributed by atoms with van der Waals surface area (Å²) in [6.07, 6.45) is 0. The molecule has 0 aliphatic carbocycles. The normalized spacial score (nSPS) is 16.0. The van der Waals surface area contributed by atoms with Gasteiger partial charge in [0.2, 0.25) is 15.9 Å². The molecule has 2 aromatic rings. The Morgan fingerprint density at radius 3 is 2.35 bits per heavy atom. The van der Waals surface area contributed by atoms with Crippen LogP contribution in [0.25, 0.3) is 0 Å². The number of carbonyl (C=O) groups excluding carboxylic acids is 1. The molecule has 1 fully saturated rings. The van der Waals surface area contributed by atoms with E-state index < -0.39 is 10.0 Å². The van der Waals surface area contributed by atoms with Crippen LogP contribution in [0.5, 0.6) is 0 Å². The standard InChI is InChI=1S/C17H21N3O4S2/c1-14-12-25-17(22)20(14)11-16(21)18-7-9-19(10-8-18)26(23,24)13-15-5-3-2-4-6-15/h2-6,12H,7-11,13H2,1H3. The van der Waals surface area contributed by atoms with E-state index in [1.165, 1.54) is 8.87 Å². The number of hydrogen-bond donors (Lipinski definition) is 0. The summed E-state index contributed by atoms with van der Waals surface area (Å²) in [4.78, 5) is 25.6. The van der Waals surface area contributed by atoms with Gasteiger partial charge in [-0.05, 0) is 12.5 Å². The minimum absolute atomic E-state index is 0.00489. The number of hydrogen-bond acceptors (Lipinski definition) is 5. The van der Waals surface area contributed by atoms with Crippen LogP contribution in [0.4, 0.5) is 0 Å².